The maximum absolute atomic E-state index is 12.6. The third-order valence-electron chi connectivity index (χ3n) is 2.39. The molecule has 1 rings (SSSR count). The van der Waals surface area contributed by atoms with E-state index in [4.69, 9.17) is 4.74 Å². The first-order chi connectivity index (χ1) is 8.27. The first kappa shape index (κ1) is 14.8. The number of alkyl halides is 3. The van der Waals surface area contributed by atoms with Crippen LogP contribution in [0.1, 0.15) is 11.8 Å². The van der Waals surface area contributed by atoms with Crippen LogP contribution >= 0.6 is 0 Å². The predicted octanol–water partition coefficient (Wildman–Crippen LogP) is 1.05. The topological polar surface area (TPSA) is 50.5 Å². The lowest BCUT2D eigenvalue weighted by molar-refractivity contribution is -0.209. The summed E-state index contributed by atoms with van der Waals surface area (Å²) in [6, 6.07) is 0. The van der Waals surface area contributed by atoms with Gasteiger partial charge in [-0.1, -0.05) is 0 Å². The van der Waals surface area contributed by atoms with Crippen molar-refractivity contribution >= 4 is 0 Å². The van der Waals surface area contributed by atoms with Crippen LogP contribution in [0.3, 0.4) is 0 Å². The Bertz CT molecular complexity index is 390. The SMILES string of the molecule is COc1cnn(CCN(C)C)c1[C@H](O)C(F)(F)F. The van der Waals surface area contributed by atoms with E-state index in [1.165, 1.54) is 13.3 Å². The summed E-state index contributed by atoms with van der Waals surface area (Å²) in [6.07, 6.45) is -6.18. The summed E-state index contributed by atoms with van der Waals surface area (Å²) in [5.41, 5.74) is -0.369. The van der Waals surface area contributed by atoms with Gasteiger partial charge in [0.1, 0.15) is 5.69 Å². The number of halogens is 3. The average Bonchev–Trinajstić information content (AvgIpc) is 2.66. The number of likely N-dealkylation sites (N-methyl/N-ethyl adjacent to an activating group) is 1. The quantitative estimate of drug-likeness (QED) is 0.866. The molecular formula is C10H16F3N3O2. The highest BCUT2D eigenvalue weighted by molar-refractivity contribution is 5.28. The standard InChI is InChI=1S/C10H16F3N3O2/c1-15(2)4-5-16-8(7(18-3)6-14-16)9(17)10(11,12)13/h6,9,17H,4-5H2,1-3H3/t9-/m0/s1. The van der Waals surface area contributed by atoms with Crippen LogP contribution < -0.4 is 4.74 Å². The van der Waals surface area contributed by atoms with Gasteiger partial charge in [-0.05, 0) is 14.1 Å². The van der Waals surface area contributed by atoms with Gasteiger partial charge in [-0.25, -0.2) is 0 Å². The number of aliphatic hydroxyl groups is 1. The number of nitrogens with zero attached hydrogens (tertiary/aromatic N) is 3. The summed E-state index contributed by atoms with van der Waals surface area (Å²) >= 11 is 0. The van der Waals surface area contributed by atoms with E-state index in [-0.39, 0.29) is 18.0 Å². The normalized spacial score (nSPS) is 14.0. The predicted molar refractivity (Wildman–Crippen MR) is 58.3 cm³/mol. The van der Waals surface area contributed by atoms with Crippen molar-refractivity contribution in [3.05, 3.63) is 11.9 Å². The molecule has 18 heavy (non-hydrogen) atoms. The summed E-state index contributed by atoms with van der Waals surface area (Å²) in [5.74, 6) is -0.0708. The zero-order valence-electron chi connectivity index (χ0n) is 10.4. The van der Waals surface area contributed by atoms with Gasteiger partial charge in [0.2, 0.25) is 0 Å². The van der Waals surface area contributed by atoms with E-state index in [1.54, 1.807) is 19.0 Å². The van der Waals surface area contributed by atoms with Gasteiger partial charge in [0.15, 0.2) is 11.9 Å². The fourth-order valence-electron chi connectivity index (χ4n) is 1.44. The van der Waals surface area contributed by atoms with Crippen molar-refractivity contribution in [2.45, 2.75) is 18.8 Å². The minimum absolute atomic E-state index is 0.0708. The van der Waals surface area contributed by atoms with Crippen LogP contribution in [0.5, 0.6) is 5.75 Å². The minimum Gasteiger partial charge on any atom is -0.493 e. The first-order valence-electron chi connectivity index (χ1n) is 5.26. The van der Waals surface area contributed by atoms with Crippen molar-refractivity contribution in [1.82, 2.24) is 14.7 Å². The smallest absolute Gasteiger partial charge is 0.420 e. The Hall–Kier alpha value is -1.28. The van der Waals surface area contributed by atoms with Gasteiger partial charge in [0, 0.05) is 6.54 Å². The van der Waals surface area contributed by atoms with Crippen LogP contribution in [0.15, 0.2) is 6.20 Å². The molecule has 0 bridgehead atoms. The number of methoxy groups -OCH3 is 1. The lowest BCUT2D eigenvalue weighted by Crippen LogP contribution is -2.26. The molecule has 8 heteroatoms. The molecule has 0 aromatic carbocycles. The van der Waals surface area contributed by atoms with E-state index < -0.39 is 12.3 Å². The minimum atomic E-state index is -4.75. The third kappa shape index (κ3) is 3.36. The second-order valence-corrected chi connectivity index (χ2v) is 4.07. The Kier molecular flexibility index (Phi) is 4.58. The molecule has 0 aliphatic carbocycles. The monoisotopic (exact) mass is 267 g/mol. The number of ether oxygens (including phenoxy) is 1. The average molecular weight is 267 g/mol. The molecule has 0 fully saturated rings. The molecule has 0 aliphatic heterocycles. The third-order valence-corrected chi connectivity index (χ3v) is 2.39. The molecule has 104 valence electrons. The largest absolute Gasteiger partial charge is 0.493 e. The van der Waals surface area contributed by atoms with Crippen LogP contribution in [0.2, 0.25) is 0 Å². The van der Waals surface area contributed by atoms with Gasteiger partial charge in [-0.15, -0.1) is 0 Å². The molecule has 0 saturated carbocycles. The molecule has 0 radical (unpaired) electrons. The molecule has 5 nitrogen and oxygen atoms in total. The molecule has 1 N–H and O–H groups in total. The molecule has 0 aliphatic rings. The highest BCUT2D eigenvalue weighted by Gasteiger charge is 2.43. The Labute approximate surface area is 103 Å². The van der Waals surface area contributed by atoms with E-state index in [9.17, 15) is 18.3 Å². The molecule has 1 aromatic rings. The molecule has 1 aromatic heterocycles. The summed E-state index contributed by atoms with van der Waals surface area (Å²) in [6.45, 7) is 0.737. The van der Waals surface area contributed by atoms with Crippen LogP contribution in [-0.2, 0) is 6.54 Å². The Morgan fingerprint density at radius 1 is 1.50 bits per heavy atom. The zero-order chi connectivity index (χ0) is 13.9. The van der Waals surface area contributed by atoms with Gasteiger partial charge in [-0.3, -0.25) is 4.68 Å². The molecule has 0 spiro atoms. The maximum Gasteiger partial charge on any atom is 0.420 e. The van der Waals surface area contributed by atoms with Crippen molar-refractivity contribution in [1.29, 1.82) is 0 Å². The highest BCUT2D eigenvalue weighted by Crippen LogP contribution is 2.36. The van der Waals surface area contributed by atoms with E-state index in [2.05, 4.69) is 5.10 Å². The summed E-state index contributed by atoms with van der Waals surface area (Å²) in [7, 11) is 4.82. The van der Waals surface area contributed by atoms with Crippen LogP contribution in [-0.4, -0.2) is 53.7 Å². The van der Waals surface area contributed by atoms with Gasteiger partial charge in [0.05, 0.1) is 19.9 Å². The van der Waals surface area contributed by atoms with Crippen molar-refractivity contribution < 1.29 is 23.0 Å². The summed E-state index contributed by atoms with van der Waals surface area (Å²) in [5, 5.41) is 13.1. The second-order valence-electron chi connectivity index (χ2n) is 4.07. The number of aromatic nitrogens is 2. The molecule has 0 unspecified atom stereocenters. The van der Waals surface area contributed by atoms with Crippen molar-refractivity contribution in [2.75, 3.05) is 27.7 Å². The van der Waals surface area contributed by atoms with E-state index in [0.29, 0.717) is 6.54 Å². The van der Waals surface area contributed by atoms with Gasteiger partial charge < -0.3 is 14.7 Å². The molecule has 0 amide bonds. The maximum atomic E-state index is 12.6. The number of hydrogen-bond donors (Lipinski definition) is 1. The molecule has 1 heterocycles. The van der Waals surface area contributed by atoms with Gasteiger partial charge >= 0.3 is 6.18 Å². The van der Waals surface area contributed by atoms with Gasteiger partial charge in [0.25, 0.3) is 0 Å². The van der Waals surface area contributed by atoms with Crippen molar-refractivity contribution in [3.63, 3.8) is 0 Å². The van der Waals surface area contributed by atoms with E-state index >= 15 is 0 Å². The highest BCUT2D eigenvalue weighted by atomic mass is 19.4. The van der Waals surface area contributed by atoms with Crippen LogP contribution in [0, 0.1) is 0 Å². The second kappa shape index (κ2) is 5.57. The number of rotatable bonds is 5. The zero-order valence-corrected chi connectivity index (χ0v) is 10.4. The van der Waals surface area contributed by atoms with E-state index in [0.717, 1.165) is 4.68 Å². The van der Waals surface area contributed by atoms with Crippen LogP contribution in [0.25, 0.3) is 0 Å². The summed E-state index contributed by atoms with van der Waals surface area (Å²) in [4.78, 5) is 1.80. The fraction of sp³-hybridized carbons (Fsp3) is 0.700. The first-order valence-corrected chi connectivity index (χ1v) is 5.26. The van der Waals surface area contributed by atoms with Crippen LogP contribution in [0.4, 0.5) is 13.2 Å². The van der Waals surface area contributed by atoms with Gasteiger partial charge in [-0.2, -0.15) is 18.3 Å². The molecule has 0 saturated heterocycles. The molecular weight excluding hydrogens is 251 g/mol. The lowest BCUT2D eigenvalue weighted by Gasteiger charge is -2.18. The Morgan fingerprint density at radius 2 is 2.11 bits per heavy atom. The van der Waals surface area contributed by atoms with Crippen molar-refractivity contribution in [2.24, 2.45) is 0 Å². The Morgan fingerprint density at radius 3 is 2.56 bits per heavy atom. The number of hydrogen-bond acceptors (Lipinski definition) is 4. The molecule has 1 atom stereocenters. The Balaban J connectivity index is 3.02. The number of aliphatic hydroxyl groups excluding tert-OH is 1. The van der Waals surface area contributed by atoms with Crippen molar-refractivity contribution in [3.8, 4) is 5.75 Å². The van der Waals surface area contributed by atoms with E-state index in [1.807, 2.05) is 0 Å². The fourth-order valence-corrected chi connectivity index (χ4v) is 1.44. The lowest BCUT2D eigenvalue weighted by atomic mass is 10.2. The summed E-state index contributed by atoms with van der Waals surface area (Å²) < 4.78 is 43.6.